The summed E-state index contributed by atoms with van der Waals surface area (Å²) in [6.07, 6.45) is 7.90. The fourth-order valence-electron chi connectivity index (χ4n) is 2.62. The van der Waals surface area contributed by atoms with Gasteiger partial charge in [0.1, 0.15) is 0 Å². The molecule has 0 aromatic heterocycles. The van der Waals surface area contributed by atoms with Crippen molar-refractivity contribution in [2.24, 2.45) is 0 Å². The zero-order valence-corrected chi connectivity index (χ0v) is 13.7. The minimum atomic E-state index is -0.433. The van der Waals surface area contributed by atoms with Gasteiger partial charge in [-0.3, -0.25) is 10.1 Å². The predicted octanol–water partition coefficient (Wildman–Crippen LogP) is 3.12. The van der Waals surface area contributed by atoms with Crippen LogP contribution in [0.1, 0.15) is 37.7 Å². The van der Waals surface area contributed by atoms with E-state index in [0.717, 1.165) is 30.5 Å². The molecule has 124 valence electrons. The maximum atomic E-state index is 11.7. The number of aryl methyl sites for hydroxylation is 1. The molecule has 0 aliphatic heterocycles. The highest BCUT2D eigenvalue weighted by Gasteiger charge is 2.08. The van der Waals surface area contributed by atoms with Crippen molar-refractivity contribution in [3.8, 4) is 0 Å². The Morgan fingerprint density at radius 3 is 2.83 bits per heavy atom. The minimum Gasteiger partial charge on any atom is -0.376 e. The van der Waals surface area contributed by atoms with Gasteiger partial charge < -0.3 is 10.6 Å². The molecule has 5 heteroatoms. The van der Waals surface area contributed by atoms with Gasteiger partial charge in [0.2, 0.25) is 5.91 Å². The van der Waals surface area contributed by atoms with Crippen molar-refractivity contribution in [2.45, 2.75) is 39.0 Å². The third-order valence-electron chi connectivity index (χ3n) is 3.84. The van der Waals surface area contributed by atoms with Crippen LogP contribution in [0.4, 0.5) is 10.5 Å². The van der Waals surface area contributed by atoms with E-state index in [9.17, 15) is 9.59 Å². The molecule has 0 fully saturated rings. The Labute approximate surface area is 137 Å². The molecule has 0 spiro atoms. The summed E-state index contributed by atoms with van der Waals surface area (Å²) in [5, 5.41) is 8.06. The van der Waals surface area contributed by atoms with Crippen LogP contribution in [-0.2, 0) is 4.79 Å². The van der Waals surface area contributed by atoms with E-state index in [1.165, 1.54) is 18.4 Å². The highest BCUT2D eigenvalue weighted by Crippen LogP contribution is 2.19. The monoisotopic (exact) mass is 315 g/mol. The zero-order valence-electron chi connectivity index (χ0n) is 13.7. The van der Waals surface area contributed by atoms with Crippen molar-refractivity contribution in [3.63, 3.8) is 0 Å². The van der Waals surface area contributed by atoms with E-state index in [1.807, 2.05) is 31.2 Å². The summed E-state index contributed by atoms with van der Waals surface area (Å²) >= 11 is 0. The maximum absolute atomic E-state index is 11.7. The smallest absolute Gasteiger partial charge is 0.321 e. The van der Waals surface area contributed by atoms with Gasteiger partial charge in [0, 0.05) is 12.2 Å². The second-order valence-corrected chi connectivity index (χ2v) is 5.89. The van der Waals surface area contributed by atoms with Gasteiger partial charge in [0.05, 0.1) is 6.54 Å². The highest BCUT2D eigenvalue weighted by molar-refractivity contribution is 5.96. The van der Waals surface area contributed by atoms with Crippen molar-refractivity contribution in [1.29, 1.82) is 0 Å². The first kappa shape index (κ1) is 17.1. The van der Waals surface area contributed by atoms with E-state index < -0.39 is 6.03 Å². The predicted molar refractivity (Wildman–Crippen MR) is 92.4 cm³/mol. The number of hydrogen-bond donors (Lipinski definition) is 3. The first-order valence-electron chi connectivity index (χ1n) is 8.19. The van der Waals surface area contributed by atoms with Crippen LogP contribution in [0.15, 0.2) is 35.9 Å². The Morgan fingerprint density at radius 2 is 2.09 bits per heavy atom. The quantitative estimate of drug-likeness (QED) is 0.706. The molecule has 0 atom stereocenters. The molecule has 2 rings (SSSR count). The first-order chi connectivity index (χ1) is 11.1. The number of rotatable bonds is 6. The number of carbonyl (C=O) groups excluding carboxylic acids is 2. The second-order valence-electron chi connectivity index (χ2n) is 5.89. The number of hydrogen-bond acceptors (Lipinski definition) is 3. The average molecular weight is 315 g/mol. The van der Waals surface area contributed by atoms with Gasteiger partial charge >= 0.3 is 6.03 Å². The second kappa shape index (κ2) is 8.98. The Balaban J connectivity index is 1.62. The van der Waals surface area contributed by atoms with E-state index in [-0.39, 0.29) is 12.5 Å². The standard InChI is InChI=1S/C18H25N3O2/c1-14-6-5-9-16(12-14)20-13-17(22)21-18(23)19-11-10-15-7-3-2-4-8-15/h5-7,9,12,20H,2-4,8,10-11,13H2,1H3,(H2,19,21,22,23). The van der Waals surface area contributed by atoms with E-state index >= 15 is 0 Å². The molecule has 3 amide bonds. The van der Waals surface area contributed by atoms with Gasteiger partial charge in [-0.15, -0.1) is 0 Å². The molecule has 0 saturated heterocycles. The van der Waals surface area contributed by atoms with Crippen LogP contribution in [0, 0.1) is 6.92 Å². The fourth-order valence-corrected chi connectivity index (χ4v) is 2.62. The lowest BCUT2D eigenvalue weighted by molar-refractivity contribution is -0.118. The summed E-state index contributed by atoms with van der Waals surface area (Å²) in [6.45, 7) is 2.62. The van der Waals surface area contributed by atoms with Crippen molar-refractivity contribution in [1.82, 2.24) is 10.6 Å². The van der Waals surface area contributed by atoms with Gasteiger partial charge in [-0.25, -0.2) is 4.79 Å². The van der Waals surface area contributed by atoms with Gasteiger partial charge in [-0.1, -0.05) is 23.8 Å². The van der Waals surface area contributed by atoms with Crippen molar-refractivity contribution in [2.75, 3.05) is 18.4 Å². The first-order valence-corrected chi connectivity index (χ1v) is 8.19. The third-order valence-corrected chi connectivity index (χ3v) is 3.84. The van der Waals surface area contributed by atoms with Crippen molar-refractivity contribution >= 4 is 17.6 Å². The van der Waals surface area contributed by atoms with Gasteiger partial charge in [0.25, 0.3) is 0 Å². The number of carbonyl (C=O) groups is 2. The van der Waals surface area contributed by atoms with Crippen LogP contribution in [0.25, 0.3) is 0 Å². The molecule has 1 aromatic carbocycles. The summed E-state index contributed by atoms with van der Waals surface area (Å²) in [5.74, 6) is -0.346. The largest absolute Gasteiger partial charge is 0.376 e. The average Bonchev–Trinajstić information content (AvgIpc) is 2.54. The van der Waals surface area contributed by atoms with Gasteiger partial charge in [-0.2, -0.15) is 0 Å². The van der Waals surface area contributed by atoms with Crippen LogP contribution >= 0.6 is 0 Å². The molecule has 0 saturated carbocycles. The van der Waals surface area contributed by atoms with Crippen LogP contribution in [0.5, 0.6) is 0 Å². The highest BCUT2D eigenvalue weighted by atomic mass is 16.2. The molecule has 0 bridgehead atoms. The topological polar surface area (TPSA) is 70.2 Å². The molecule has 5 nitrogen and oxygen atoms in total. The summed E-state index contributed by atoms with van der Waals surface area (Å²) in [5.41, 5.74) is 3.39. The van der Waals surface area contributed by atoms with Crippen LogP contribution in [-0.4, -0.2) is 25.0 Å². The van der Waals surface area contributed by atoms with E-state index in [0.29, 0.717) is 6.54 Å². The summed E-state index contributed by atoms with van der Waals surface area (Å²) in [7, 11) is 0. The lowest BCUT2D eigenvalue weighted by Crippen LogP contribution is -2.42. The van der Waals surface area contributed by atoms with Crippen molar-refractivity contribution < 1.29 is 9.59 Å². The molecule has 23 heavy (non-hydrogen) atoms. The lowest BCUT2D eigenvalue weighted by atomic mass is 9.97. The number of benzene rings is 1. The third kappa shape index (κ3) is 6.55. The number of imide groups is 1. The van der Waals surface area contributed by atoms with Crippen LogP contribution in [0.2, 0.25) is 0 Å². The Bertz CT molecular complexity index is 581. The van der Waals surface area contributed by atoms with Crippen molar-refractivity contribution in [3.05, 3.63) is 41.5 Å². The lowest BCUT2D eigenvalue weighted by Gasteiger charge is -2.13. The van der Waals surface area contributed by atoms with Crippen LogP contribution in [0.3, 0.4) is 0 Å². The number of allylic oxidation sites excluding steroid dienone is 1. The minimum absolute atomic E-state index is 0.0715. The molecular weight excluding hydrogens is 290 g/mol. The number of urea groups is 1. The molecule has 3 N–H and O–H groups in total. The zero-order chi connectivity index (χ0) is 16.5. The van der Waals surface area contributed by atoms with Gasteiger partial charge in [-0.05, 0) is 56.7 Å². The van der Waals surface area contributed by atoms with E-state index in [2.05, 4.69) is 22.0 Å². The fraction of sp³-hybridized carbons (Fsp3) is 0.444. The number of anilines is 1. The molecular formula is C18H25N3O2. The Morgan fingerprint density at radius 1 is 1.22 bits per heavy atom. The molecule has 1 aromatic rings. The normalized spacial score (nSPS) is 13.9. The number of amides is 3. The SMILES string of the molecule is Cc1cccc(NCC(=O)NC(=O)NCCC2=CCCCC2)c1. The molecule has 0 radical (unpaired) electrons. The Hall–Kier alpha value is -2.30. The summed E-state index contributed by atoms with van der Waals surface area (Å²) < 4.78 is 0. The van der Waals surface area contributed by atoms with E-state index in [1.54, 1.807) is 0 Å². The summed E-state index contributed by atoms with van der Waals surface area (Å²) in [4.78, 5) is 23.4. The van der Waals surface area contributed by atoms with Crippen LogP contribution < -0.4 is 16.0 Å². The number of nitrogens with one attached hydrogen (secondary N) is 3. The van der Waals surface area contributed by atoms with E-state index in [4.69, 9.17) is 0 Å². The maximum Gasteiger partial charge on any atom is 0.321 e. The molecule has 1 aliphatic carbocycles. The Kier molecular flexibility index (Phi) is 6.66. The van der Waals surface area contributed by atoms with Gasteiger partial charge in [0.15, 0.2) is 0 Å². The molecule has 0 heterocycles. The molecule has 1 aliphatic rings. The molecule has 0 unspecified atom stereocenters. The summed E-state index contributed by atoms with van der Waals surface area (Å²) in [6, 6.07) is 7.31.